The fourth-order valence-corrected chi connectivity index (χ4v) is 5.63. The van der Waals surface area contributed by atoms with Crippen molar-refractivity contribution in [2.45, 2.75) is 59.0 Å². The smallest absolute Gasteiger partial charge is 0.384 e. The molecule has 4 aromatic rings. The maximum Gasteiger partial charge on any atom is 0.434 e. The molecule has 2 fully saturated rings. The third-order valence-electron chi connectivity index (χ3n) is 7.70. The van der Waals surface area contributed by atoms with Gasteiger partial charge >= 0.3 is 5.76 Å². The van der Waals surface area contributed by atoms with Crippen molar-refractivity contribution >= 4 is 17.1 Å². The molecule has 10 nitrogen and oxygen atoms in total. The van der Waals surface area contributed by atoms with Crippen molar-refractivity contribution in [1.82, 2.24) is 29.7 Å². The van der Waals surface area contributed by atoms with Crippen molar-refractivity contribution in [3.05, 3.63) is 40.4 Å². The van der Waals surface area contributed by atoms with E-state index < -0.39 is 5.76 Å². The van der Waals surface area contributed by atoms with Gasteiger partial charge in [-0.3, -0.25) is 0 Å². The Kier molecular flexibility index (Phi) is 6.27. The van der Waals surface area contributed by atoms with Gasteiger partial charge in [0.25, 0.3) is 5.89 Å². The van der Waals surface area contributed by atoms with E-state index in [-0.39, 0.29) is 17.8 Å². The van der Waals surface area contributed by atoms with E-state index in [4.69, 9.17) is 24.1 Å². The third kappa shape index (κ3) is 4.66. The number of aromatic nitrogens is 6. The van der Waals surface area contributed by atoms with Gasteiger partial charge in [-0.25, -0.2) is 19.9 Å². The highest BCUT2D eigenvalue weighted by atomic mass is 16.5. The van der Waals surface area contributed by atoms with Crippen molar-refractivity contribution in [3.63, 3.8) is 0 Å². The lowest BCUT2D eigenvalue weighted by Crippen LogP contribution is -2.45. The maximum atomic E-state index is 11.7. The minimum atomic E-state index is -0.643. The molecule has 1 aromatic carbocycles. The van der Waals surface area contributed by atoms with Gasteiger partial charge < -0.3 is 18.6 Å². The lowest BCUT2D eigenvalue weighted by molar-refractivity contribution is 0.0976. The van der Waals surface area contributed by atoms with Gasteiger partial charge in [0.1, 0.15) is 11.2 Å². The van der Waals surface area contributed by atoms with Gasteiger partial charge in [-0.05, 0) is 44.6 Å². The number of H-pyrrole nitrogens is 1. The van der Waals surface area contributed by atoms with Crippen LogP contribution in [0.3, 0.4) is 0 Å². The van der Waals surface area contributed by atoms with E-state index in [9.17, 15) is 4.79 Å². The molecule has 10 heteroatoms. The first-order chi connectivity index (χ1) is 18.0. The van der Waals surface area contributed by atoms with Gasteiger partial charge in [-0.1, -0.05) is 43.5 Å². The summed E-state index contributed by atoms with van der Waals surface area (Å²) in [7, 11) is 0. The van der Waals surface area contributed by atoms with Crippen LogP contribution in [0.5, 0.6) is 0 Å². The second kappa shape index (κ2) is 9.74. The van der Waals surface area contributed by atoms with Crippen LogP contribution in [0.15, 0.2) is 33.5 Å². The number of anilines is 1. The Morgan fingerprint density at radius 1 is 1.11 bits per heavy atom. The highest BCUT2D eigenvalue weighted by Gasteiger charge is 2.30. The Hall–Kier alpha value is -3.53. The molecule has 0 radical (unpaired) electrons. The van der Waals surface area contributed by atoms with E-state index >= 15 is 0 Å². The first kappa shape index (κ1) is 23.8. The second-order valence-electron chi connectivity index (χ2n) is 10.6. The van der Waals surface area contributed by atoms with Crippen LogP contribution < -0.4 is 10.7 Å². The molecule has 0 bridgehead atoms. The Labute approximate surface area is 215 Å². The summed E-state index contributed by atoms with van der Waals surface area (Å²) in [6.45, 7) is 9.53. The number of hydrogen-bond donors (Lipinski definition) is 1. The highest BCUT2D eigenvalue weighted by molar-refractivity contribution is 5.91. The lowest BCUT2D eigenvalue weighted by Gasteiger charge is -2.35. The number of imidazole rings is 1. The molecule has 1 aliphatic carbocycles. The summed E-state index contributed by atoms with van der Waals surface area (Å²) in [5, 5.41) is 6.30. The summed E-state index contributed by atoms with van der Waals surface area (Å²) in [5.74, 6) is 1.90. The van der Waals surface area contributed by atoms with Crippen molar-refractivity contribution < 1.29 is 9.15 Å². The predicted molar refractivity (Wildman–Crippen MR) is 140 cm³/mol. The van der Waals surface area contributed by atoms with E-state index in [0.29, 0.717) is 24.8 Å². The molecule has 1 aliphatic heterocycles. The minimum absolute atomic E-state index is 0.0536. The SMILES string of the molecule is Cc1cccc(-c2nc(-c3n[nH]c(=O)o3)nc3nc(N4CCOC[C@@H]4C)n(CC4CCC(C)CC4)c23)c1. The maximum absolute atomic E-state index is 11.7. The number of aryl methyl sites for hydroxylation is 1. The monoisotopic (exact) mass is 503 g/mol. The van der Waals surface area contributed by atoms with Gasteiger partial charge in [-0.2, -0.15) is 4.98 Å². The van der Waals surface area contributed by atoms with E-state index in [1.54, 1.807) is 0 Å². The second-order valence-corrected chi connectivity index (χ2v) is 10.6. The molecule has 1 atom stereocenters. The van der Waals surface area contributed by atoms with Crippen LogP contribution in [0.4, 0.5) is 5.95 Å². The van der Waals surface area contributed by atoms with Crippen LogP contribution in [0.2, 0.25) is 0 Å². The average molecular weight is 504 g/mol. The summed E-state index contributed by atoms with van der Waals surface area (Å²) in [5.41, 5.74) is 4.33. The molecule has 4 heterocycles. The van der Waals surface area contributed by atoms with Gasteiger partial charge in [0.05, 0.1) is 19.3 Å². The molecule has 1 saturated heterocycles. The summed E-state index contributed by atoms with van der Waals surface area (Å²) in [6, 6.07) is 8.45. The lowest BCUT2D eigenvalue weighted by atomic mass is 9.83. The van der Waals surface area contributed by atoms with Crippen molar-refractivity contribution in [2.24, 2.45) is 11.8 Å². The Balaban J connectivity index is 1.58. The molecular weight excluding hydrogens is 470 g/mol. The van der Waals surface area contributed by atoms with Crippen LogP contribution in [0.1, 0.15) is 45.1 Å². The first-order valence-electron chi connectivity index (χ1n) is 13.2. The van der Waals surface area contributed by atoms with Crippen LogP contribution >= 0.6 is 0 Å². The van der Waals surface area contributed by atoms with Crippen molar-refractivity contribution in [3.8, 4) is 23.0 Å². The number of nitrogens with zero attached hydrogens (tertiary/aromatic N) is 6. The number of morpholine rings is 1. The number of aromatic amines is 1. The molecule has 1 N–H and O–H groups in total. The molecule has 0 amide bonds. The number of benzene rings is 1. The summed E-state index contributed by atoms with van der Waals surface area (Å²) >= 11 is 0. The average Bonchev–Trinajstić information content (AvgIpc) is 3.49. The van der Waals surface area contributed by atoms with Gasteiger partial charge in [-0.15, -0.1) is 5.10 Å². The van der Waals surface area contributed by atoms with Crippen molar-refractivity contribution in [2.75, 3.05) is 24.7 Å². The number of rotatable bonds is 5. The third-order valence-corrected chi connectivity index (χ3v) is 7.70. The number of hydrogen-bond acceptors (Lipinski definition) is 8. The van der Waals surface area contributed by atoms with Crippen molar-refractivity contribution in [1.29, 1.82) is 0 Å². The molecule has 3 aromatic heterocycles. The molecule has 194 valence electrons. The fourth-order valence-electron chi connectivity index (χ4n) is 5.63. The molecule has 37 heavy (non-hydrogen) atoms. The van der Waals surface area contributed by atoms with Crippen LogP contribution in [0, 0.1) is 18.8 Å². The van der Waals surface area contributed by atoms with Gasteiger partial charge in [0.2, 0.25) is 11.8 Å². The molecule has 0 unspecified atom stereocenters. The zero-order chi connectivity index (χ0) is 25.5. The van der Waals surface area contributed by atoms with E-state index in [1.807, 2.05) is 6.07 Å². The highest BCUT2D eigenvalue weighted by Crippen LogP contribution is 2.36. The largest absolute Gasteiger partial charge is 0.434 e. The Morgan fingerprint density at radius 3 is 2.68 bits per heavy atom. The van der Waals surface area contributed by atoms with E-state index in [1.165, 1.54) is 25.7 Å². The summed E-state index contributed by atoms with van der Waals surface area (Å²) in [6.07, 6.45) is 4.92. The minimum Gasteiger partial charge on any atom is -0.384 e. The summed E-state index contributed by atoms with van der Waals surface area (Å²) < 4.78 is 13.3. The fraction of sp³-hybridized carbons (Fsp3) is 0.519. The Bertz CT molecular complexity index is 1460. The zero-order valence-corrected chi connectivity index (χ0v) is 21.6. The first-order valence-corrected chi connectivity index (χ1v) is 13.2. The van der Waals surface area contributed by atoms with Crippen LogP contribution in [-0.4, -0.2) is 55.5 Å². The number of fused-ring (bicyclic) bond motifs is 1. The summed E-state index contributed by atoms with van der Waals surface area (Å²) in [4.78, 5) is 28.8. The molecule has 0 spiro atoms. The number of ether oxygens (including phenoxy) is 1. The number of nitrogens with one attached hydrogen (secondary N) is 1. The topological polar surface area (TPSA) is 115 Å². The molecule has 1 saturated carbocycles. The molecule has 6 rings (SSSR count). The quantitative estimate of drug-likeness (QED) is 0.431. The normalized spacial score (nSPS) is 22.6. The zero-order valence-electron chi connectivity index (χ0n) is 21.6. The van der Waals surface area contributed by atoms with E-state index in [2.05, 4.69) is 58.6 Å². The standard InChI is InChI=1S/C27H33N7O3/c1-16-7-9-19(10-8-16)14-34-22-21(20-6-4-5-17(2)13-20)28-24(25-31-32-27(35)37-25)29-23(22)30-26(34)33-11-12-36-15-18(33)3/h4-6,13,16,18-19H,7-12,14-15H2,1-3H3,(H,32,35)/t16?,18-,19?/m0/s1. The molecular formula is C27H33N7O3. The van der Waals surface area contributed by atoms with Gasteiger partial charge in [0.15, 0.2) is 5.65 Å². The van der Waals surface area contributed by atoms with Crippen LogP contribution in [0.25, 0.3) is 34.1 Å². The van der Waals surface area contributed by atoms with Gasteiger partial charge in [0, 0.05) is 18.7 Å². The van der Waals surface area contributed by atoms with Crippen LogP contribution in [-0.2, 0) is 11.3 Å². The Morgan fingerprint density at radius 2 is 1.95 bits per heavy atom. The van der Waals surface area contributed by atoms with E-state index in [0.717, 1.165) is 47.3 Å². The predicted octanol–water partition coefficient (Wildman–Crippen LogP) is 4.20. The molecule has 2 aliphatic rings.